The standard InChI is InChI=1S/C17H26N2O.ClH/c1-13-6-8-15(9-7-13)4-3-5-17(20)19-16-10-11-18-14(2)12-16;/h6-9,14,16,18H,3-5,10-12H2,1-2H3,(H,19,20);1H. The summed E-state index contributed by atoms with van der Waals surface area (Å²) in [5, 5.41) is 6.57. The second kappa shape index (κ2) is 9.06. The molecule has 0 radical (unpaired) electrons. The van der Waals surface area contributed by atoms with Gasteiger partial charge in [-0.05, 0) is 51.6 Å². The van der Waals surface area contributed by atoms with Crippen molar-refractivity contribution in [2.24, 2.45) is 0 Å². The van der Waals surface area contributed by atoms with Gasteiger partial charge in [0.25, 0.3) is 0 Å². The van der Waals surface area contributed by atoms with Gasteiger partial charge in [-0.2, -0.15) is 0 Å². The van der Waals surface area contributed by atoms with Crippen LogP contribution < -0.4 is 10.6 Å². The molecule has 0 spiro atoms. The van der Waals surface area contributed by atoms with Crippen molar-refractivity contribution >= 4 is 18.3 Å². The van der Waals surface area contributed by atoms with E-state index in [1.807, 2.05) is 0 Å². The van der Waals surface area contributed by atoms with E-state index in [1.54, 1.807) is 0 Å². The van der Waals surface area contributed by atoms with Gasteiger partial charge in [-0.1, -0.05) is 29.8 Å². The molecule has 1 aliphatic heterocycles. The molecule has 0 saturated carbocycles. The number of aryl methyl sites for hydroxylation is 2. The molecule has 0 aromatic heterocycles. The molecule has 1 aromatic rings. The van der Waals surface area contributed by atoms with E-state index < -0.39 is 0 Å². The maximum Gasteiger partial charge on any atom is 0.220 e. The van der Waals surface area contributed by atoms with Gasteiger partial charge in [-0.15, -0.1) is 12.4 Å². The van der Waals surface area contributed by atoms with Crippen LogP contribution in [-0.4, -0.2) is 24.5 Å². The quantitative estimate of drug-likeness (QED) is 0.878. The molecule has 2 N–H and O–H groups in total. The number of piperidine rings is 1. The van der Waals surface area contributed by atoms with Crippen molar-refractivity contribution in [2.45, 2.75) is 58.0 Å². The second-order valence-electron chi connectivity index (χ2n) is 5.98. The summed E-state index contributed by atoms with van der Waals surface area (Å²) < 4.78 is 0. The average molecular weight is 311 g/mol. The molecular formula is C17H27ClN2O. The Kier molecular flexibility index (Phi) is 7.76. The summed E-state index contributed by atoms with van der Waals surface area (Å²) in [6, 6.07) is 9.45. The number of rotatable bonds is 5. The minimum Gasteiger partial charge on any atom is -0.353 e. The Hall–Kier alpha value is -1.06. The van der Waals surface area contributed by atoms with Crippen LogP contribution in [0.15, 0.2) is 24.3 Å². The Bertz CT molecular complexity index is 433. The van der Waals surface area contributed by atoms with Crippen LogP contribution in [0, 0.1) is 6.92 Å². The van der Waals surface area contributed by atoms with Crippen LogP contribution in [0.1, 0.15) is 43.7 Å². The molecule has 1 amide bonds. The Morgan fingerprint density at radius 2 is 2.05 bits per heavy atom. The molecule has 4 heteroatoms. The maximum atomic E-state index is 11.9. The predicted molar refractivity (Wildman–Crippen MR) is 90.0 cm³/mol. The number of hydrogen-bond donors (Lipinski definition) is 2. The van der Waals surface area contributed by atoms with Gasteiger partial charge in [0.15, 0.2) is 0 Å². The Morgan fingerprint density at radius 1 is 1.33 bits per heavy atom. The molecule has 1 aliphatic rings. The van der Waals surface area contributed by atoms with Crippen LogP contribution in [0.4, 0.5) is 0 Å². The average Bonchev–Trinajstić information content (AvgIpc) is 2.41. The first-order valence-corrected chi connectivity index (χ1v) is 7.72. The number of carbonyl (C=O) groups is 1. The van der Waals surface area contributed by atoms with Gasteiger partial charge in [-0.25, -0.2) is 0 Å². The van der Waals surface area contributed by atoms with Gasteiger partial charge in [-0.3, -0.25) is 4.79 Å². The minimum absolute atomic E-state index is 0. The van der Waals surface area contributed by atoms with Gasteiger partial charge in [0, 0.05) is 18.5 Å². The topological polar surface area (TPSA) is 41.1 Å². The van der Waals surface area contributed by atoms with Crippen molar-refractivity contribution in [1.29, 1.82) is 0 Å². The molecule has 1 saturated heterocycles. The summed E-state index contributed by atoms with van der Waals surface area (Å²) in [5.74, 6) is 0.205. The van der Waals surface area contributed by atoms with Gasteiger partial charge in [0.05, 0.1) is 0 Å². The molecule has 0 bridgehead atoms. The first kappa shape index (κ1) is 18.0. The van der Waals surface area contributed by atoms with E-state index in [-0.39, 0.29) is 18.3 Å². The fraction of sp³-hybridized carbons (Fsp3) is 0.588. The molecule has 2 rings (SSSR count). The lowest BCUT2D eigenvalue weighted by molar-refractivity contribution is -0.122. The normalized spacial score (nSPS) is 21.4. The largest absolute Gasteiger partial charge is 0.353 e. The highest BCUT2D eigenvalue weighted by Gasteiger charge is 2.19. The number of amides is 1. The van der Waals surface area contributed by atoms with E-state index >= 15 is 0 Å². The summed E-state index contributed by atoms with van der Waals surface area (Å²) in [5.41, 5.74) is 2.60. The lowest BCUT2D eigenvalue weighted by Gasteiger charge is -2.28. The first-order chi connectivity index (χ1) is 9.63. The highest BCUT2D eigenvalue weighted by molar-refractivity contribution is 5.85. The summed E-state index contributed by atoms with van der Waals surface area (Å²) in [4.78, 5) is 11.9. The Labute approximate surface area is 134 Å². The molecule has 0 aliphatic carbocycles. The van der Waals surface area contributed by atoms with Crippen LogP contribution in [0.5, 0.6) is 0 Å². The van der Waals surface area contributed by atoms with Gasteiger partial charge < -0.3 is 10.6 Å². The molecule has 2 atom stereocenters. The fourth-order valence-corrected chi connectivity index (χ4v) is 2.77. The summed E-state index contributed by atoms with van der Waals surface area (Å²) in [6.07, 6.45) is 4.63. The molecule has 118 valence electrons. The van der Waals surface area contributed by atoms with Crippen LogP contribution in [0.3, 0.4) is 0 Å². The highest BCUT2D eigenvalue weighted by Crippen LogP contribution is 2.10. The zero-order chi connectivity index (χ0) is 14.4. The van der Waals surface area contributed by atoms with Gasteiger partial charge >= 0.3 is 0 Å². The summed E-state index contributed by atoms with van der Waals surface area (Å²) >= 11 is 0. The molecular weight excluding hydrogens is 284 g/mol. The van der Waals surface area contributed by atoms with E-state index in [2.05, 4.69) is 48.7 Å². The smallest absolute Gasteiger partial charge is 0.220 e. The van der Waals surface area contributed by atoms with E-state index in [0.29, 0.717) is 18.5 Å². The third-order valence-electron chi connectivity index (χ3n) is 3.98. The first-order valence-electron chi connectivity index (χ1n) is 7.72. The Morgan fingerprint density at radius 3 is 2.71 bits per heavy atom. The predicted octanol–water partition coefficient (Wildman–Crippen LogP) is 3.00. The van der Waals surface area contributed by atoms with E-state index in [4.69, 9.17) is 0 Å². The van der Waals surface area contributed by atoms with Crippen molar-refractivity contribution in [1.82, 2.24) is 10.6 Å². The maximum absolute atomic E-state index is 11.9. The summed E-state index contributed by atoms with van der Waals surface area (Å²) in [6.45, 7) is 5.28. The lowest BCUT2D eigenvalue weighted by Crippen LogP contribution is -2.46. The third-order valence-corrected chi connectivity index (χ3v) is 3.98. The number of halogens is 1. The van der Waals surface area contributed by atoms with E-state index in [9.17, 15) is 4.79 Å². The van der Waals surface area contributed by atoms with Gasteiger partial charge in [0.2, 0.25) is 5.91 Å². The van der Waals surface area contributed by atoms with E-state index in [0.717, 1.165) is 32.2 Å². The zero-order valence-electron chi connectivity index (χ0n) is 13.0. The van der Waals surface area contributed by atoms with Crippen molar-refractivity contribution in [3.63, 3.8) is 0 Å². The lowest BCUT2D eigenvalue weighted by atomic mass is 10.0. The van der Waals surface area contributed by atoms with Crippen molar-refractivity contribution in [2.75, 3.05) is 6.54 Å². The van der Waals surface area contributed by atoms with Gasteiger partial charge in [0.1, 0.15) is 0 Å². The molecule has 1 heterocycles. The minimum atomic E-state index is 0. The number of hydrogen-bond acceptors (Lipinski definition) is 2. The van der Waals surface area contributed by atoms with Crippen LogP contribution in [0.25, 0.3) is 0 Å². The molecule has 1 aromatic carbocycles. The SMILES string of the molecule is Cc1ccc(CCCC(=O)NC2CCNC(C)C2)cc1.Cl. The van der Waals surface area contributed by atoms with E-state index in [1.165, 1.54) is 11.1 Å². The number of benzene rings is 1. The zero-order valence-corrected chi connectivity index (χ0v) is 13.8. The Balaban J connectivity index is 0.00000220. The highest BCUT2D eigenvalue weighted by atomic mass is 35.5. The monoisotopic (exact) mass is 310 g/mol. The van der Waals surface area contributed by atoms with Crippen LogP contribution in [-0.2, 0) is 11.2 Å². The number of carbonyl (C=O) groups excluding carboxylic acids is 1. The van der Waals surface area contributed by atoms with Crippen LogP contribution >= 0.6 is 12.4 Å². The molecule has 3 nitrogen and oxygen atoms in total. The second-order valence-corrected chi connectivity index (χ2v) is 5.98. The molecule has 1 fully saturated rings. The van der Waals surface area contributed by atoms with Crippen molar-refractivity contribution in [3.8, 4) is 0 Å². The summed E-state index contributed by atoms with van der Waals surface area (Å²) in [7, 11) is 0. The third kappa shape index (κ3) is 6.49. The van der Waals surface area contributed by atoms with Crippen molar-refractivity contribution in [3.05, 3.63) is 35.4 Å². The molecule has 21 heavy (non-hydrogen) atoms. The molecule has 2 unspecified atom stereocenters. The number of nitrogens with one attached hydrogen (secondary N) is 2. The van der Waals surface area contributed by atoms with Crippen LogP contribution in [0.2, 0.25) is 0 Å². The fourth-order valence-electron chi connectivity index (χ4n) is 2.77. The van der Waals surface area contributed by atoms with Crippen molar-refractivity contribution < 1.29 is 4.79 Å².